The molecule has 0 aromatic heterocycles. The first-order chi connectivity index (χ1) is 10.5. The van der Waals surface area contributed by atoms with Crippen LogP contribution in [0.1, 0.15) is 11.1 Å². The molecular weight excluding hydrogens is 303 g/mol. The SMILES string of the molecule is Cc1ccccc1C[NH+](C)CC(=O)Nc1ccc(Cl)cc1F. The van der Waals surface area contributed by atoms with Crippen molar-refractivity contribution in [2.45, 2.75) is 13.5 Å². The van der Waals surface area contributed by atoms with Gasteiger partial charge in [0, 0.05) is 10.6 Å². The fourth-order valence-electron chi connectivity index (χ4n) is 2.26. The summed E-state index contributed by atoms with van der Waals surface area (Å²) in [6, 6.07) is 12.3. The molecule has 1 unspecified atom stereocenters. The highest BCUT2D eigenvalue weighted by Crippen LogP contribution is 2.18. The molecule has 5 heteroatoms. The fraction of sp³-hybridized carbons (Fsp3) is 0.235. The Morgan fingerprint density at radius 1 is 1.27 bits per heavy atom. The molecule has 1 atom stereocenters. The van der Waals surface area contributed by atoms with Crippen molar-refractivity contribution < 1.29 is 14.1 Å². The topological polar surface area (TPSA) is 33.5 Å². The van der Waals surface area contributed by atoms with E-state index in [1.165, 1.54) is 23.3 Å². The minimum absolute atomic E-state index is 0.151. The molecule has 2 aromatic rings. The smallest absolute Gasteiger partial charge is 0.279 e. The van der Waals surface area contributed by atoms with Crippen LogP contribution in [0.4, 0.5) is 10.1 Å². The quantitative estimate of drug-likeness (QED) is 0.871. The van der Waals surface area contributed by atoms with Crippen LogP contribution in [0, 0.1) is 12.7 Å². The van der Waals surface area contributed by atoms with Crippen molar-refractivity contribution in [3.63, 3.8) is 0 Å². The Bertz CT molecular complexity index is 675. The molecule has 2 N–H and O–H groups in total. The molecule has 22 heavy (non-hydrogen) atoms. The predicted molar refractivity (Wildman–Crippen MR) is 86.7 cm³/mol. The van der Waals surface area contributed by atoms with Gasteiger partial charge in [-0.05, 0) is 30.7 Å². The van der Waals surface area contributed by atoms with Gasteiger partial charge in [0.1, 0.15) is 12.4 Å². The van der Waals surface area contributed by atoms with Gasteiger partial charge in [0.05, 0.1) is 12.7 Å². The second-order valence-corrected chi connectivity index (χ2v) is 5.85. The summed E-state index contributed by atoms with van der Waals surface area (Å²) < 4.78 is 13.6. The van der Waals surface area contributed by atoms with E-state index in [0.717, 1.165) is 11.4 Å². The number of nitrogens with one attached hydrogen (secondary N) is 2. The Kier molecular flexibility index (Phi) is 5.52. The van der Waals surface area contributed by atoms with E-state index in [2.05, 4.69) is 11.4 Å². The lowest BCUT2D eigenvalue weighted by Gasteiger charge is -2.15. The van der Waals surface area contributed by atoms with E-state index in [9.17, 15) is 9.18 Å². The Hall–Kier alpha value is -1.91. The number of carbonyl (C=O) groups excluding carboxylic acids is 1. The van der Waals surface area contributed by atoms with Gasteiger partial charge in [0.2, 0.25) is 0 Å². The third kappa shape index (κ3) is 4.55. The number of quaternary nitrogens is 1. The van der Waals surface area contributed by atoms with Crippen LogP contribution in [0.25, 0.3) is 0 Å². The molecule has 0 heterocycles. The van der Waals surface area contributed by atoms with E-state index in [0.29, 0.717) is 5.02 Å². The zero-order chi connectivity index (χ0) is 16.1. The molecule has 0 radical (unpaired) electrons. The summed E-state index contributed by atoms with van der Waals surface area (Å²) in [7, 11) is 1.93. The lowest BCUT2D eigenvalue weighted by Crippen LogP contribution is -3.08. The summed E-state index contributed by atoms with van der Waals surface area (Å²) in [6.45, 7) is 3.05. The summed E-state index contributed by atoms with van der Waals surface area (Å²) in [6.07, 6.45) is 0. The highest BCUT2D eigenvalue weighted by Gasteiger charge is 2.13. The largest absolute Gasteiger partial charge is 0.326 e. The van der Waals surface area contributed by atoms with Crippen molar-refractivity contribution in [1.82, 2.24) is 0 Å². The molecule has 0 bridgehead atoms. The molecule has 3 nitrogen and oxygen atoms in total. The van der Waals surface area contributed by atoms with Crippen molar-refractivity contribution in [2.24, 2.45) is 0 Å². The number of hydrogen-bond acceptors (Lipinski definition) is 1. The van der Waals surface area contributed by atoms with Crippen LogP contribution in [0.15, 0.2) is 42.5 Å². The number of benzene rings is 2. The van der Waals surface area contributed by atoms with Crippen molar-refractivity contribution >= 4 is 23.2 Å². The number of likely N-dealkylation sites (N-methyl/N-ethyl adjacent to an activating group) is 1. The van der Waals surface area contributed by atoms with Crippen molar-refractivity contribution in [1.29, 1.82) is 0 Å². The van der Waals surface area contributed by atoms with E-state index in [1.54, 1.807) is 6.07 Å². The maximum absolute atomic E-state index is 13.6. The van der Waals surface area contributed by atoms with E-state index < -0.39 is 5.82 Å². The maximum Gasteiger partial charge on any atom is 0.279 e. The van der Waals surface area contributed by atoms with E-state index in [1.807, 2.05) is 32.2 Å². The summed E-state index contributed by atoms with van der Waals surface area (Å²) >= 11 is 5.69. The number of hydrogen-bond donors (Lipinski definition) is 2. The summed E-state index contributed by atoms with van der Waals surface area (Å²) in [5.41, 5.74) is 2.55. The van der Waals surface area contributed by atoms with Gasteiger partial charge in [-0.15, -0.1) is 0 Å². The zero-order valence-corrected chi connectivity index (χ0v) is 13.4. The second kappa shape index (κ2) is 7.38. The second-order valence-electron chi connectivity index (χ2n) is 5.41. The first-order valence-electron chi connectivity index (χ1n) is 7.06. The summed E-state index contributed by atoms with van der Waals surface area (Å²) in [4.78, 5) is 13.0. The van der Waals surface area contributed by atoms with Gasteiger partial charge in [0.15, 0.2) is 6.54 Å². The van der Waals surface area contributed by atoms with Gasteiger partial charge < -0.3 is 10.2 Å². The standard InChI is InChI=1S/C17H18ClFN2O/c1-12-5-3-4-6-13(12)10-21(2)11-17(22)20-16-8-7-14(18)9-15(16)19/h3-9H,10-11H2,1-2H3,(H,20,22)/p+1. The van der Waals surface area contributed by atoms with Crippen molar-refractivity contribution in [3.05, 3.63) is 64.4 Å². The van der Waals surface area contributed by atoms with Crippen LogP contribution in [0.3, 0.4) is 0 Å². The van der Waals surface area contributed by atoms with Gasteiger partial charge in [0.25, 0.3) is 5.91 Å². The number of aryl methyl sites for hydroxylation is 1. The Morgan fingerprint density at radius 2 is 2.00 bits per heavy atom. The van der Waals surface area contributed by atoms with Gasteiger partial charge >= 0.3 is 0 Å². The van der Waals surface area contributed by atoms with Crippen LogP contribution < -0.4 is 10.2 Å². The normalized spacial score (nSPS) is 12.0. The zero-order valence-electron chi connectivity index (χ0n) is 12.6. The third-order valence-corrected chi connectivity index (χ3v) is 3.66. The Morgan fingerprint density at radius 3 is 2.68 bits per heavy atom. The highest BCUT2D eigenvalue weighted by atomic mass is 35.5. The number of halogens is 2. The molecule has 0 fully saturated rings. The fourth-order valence-corrected chi connectivity index (χ4v) is 2.41. The van der Waals surface area contributed by atoms with E-state index in [-0.39, 0.29) is 18.1 Å². The molecule has 1 amide bonds. The Balaban J connectivity index is 1.93. The molecular formula is C17H19ClFN2O+. The molecule has 0 saturated heterocycles. The van der Waals surface area contributed by atoms with E-state index in [4.69, 9.17) is 11.6 Å². The minimum atomic E-state index is -0.530. The average molecular weight is 322 g/mol. The number of carbonyl (C=O) groups is 1. The minimum Gasteiger partial charge on any atom is -0.326 e. The van der Waals surface area contributed by atoms with Crippen molar-refractivity contribution in [3.8, 4) is 0 Å². The van der Waals surface area contributed by atoms with Gasteiger partial charge in [-0.25, -0.2) is 4.39 Å². The monoisotopic (exact) mass is 321 g/mol. The lowest BCUT2D eigenvalue weighted by molar-refractivity contribution is -0.885. The van der Waals surface area contributed by atoms with Crippen LogP contribution in [-0.2, 0) is 11.3 Å². The molecule has 0 aliphatic carbocycles. The molecule has 2 rings (SSSR count). The molecule has 0 aliphatic rings. The molecule has 0 spiro atoms. The van der Waals surface area contributed by atoms with Crippen molar-refractivity contribution in [2.75, 3.05) is 18.9 Å². The Labute approximate surface area is 134 Å². The number of anilines is 1. The van der Waals surface area contributed by atoms with Gasteiger partial charge in [-0.3, -0.25) is 4.79 Å². The number of amides is 1. The highest BCUT2D eigenvalue weighted by molar-refractivity contribution is 6.30. The number of rotatable bonds is 5. The molecule has 0 saturated carbocycles. The van der Waals surface area contributed by atoms with Crippen LogP contribution in [-0.4, -0.2) is 19.5 Å². The van der Waals surface area contributed by atoms with Crippen LogP contribution in [0.2, 0.25) is 5.02 Å². The molecule has 2 aromatic carbocycles. The first kappa shape index (κ1) is 16.5. The van der Waals surface area contributed by atoms with Crippen LogP contribution >= 0.6 is 11.6 Å². The van der Waals surface area contributed by atoms with E-state index >= 15 is 0 Å². The lowest BCUT2D eigenvalue weighted by atomic mass is 10.1. The van der Waals surface area contributed by atoms with Gasteiger partial charge in [-0.2, -0.15) is 0 Å². The maximum atomic E-state index is 13.6. The predicted octanol–water partition coefficient (Wildman–Crippen LogP) is 2.44. The van der Waals surface area contributed by atoms with Gasteiger partial charge in [-0.1, -0.05) is 35.9 Å². The summed E-state index contributed by atoms with van der Waals surface area (Å²) in [5, 5.41) is 2.88. The third-order valence-electron chi connectivity index (χ3n) is 3.42. The molecule has 0 aliphatic heterocycles. The average Bonchev–Trinajstić information content (AvgIpc) is 2.44. The first-order valence-corrected chi connectivity index (χ1v) is 7.44. The summed E-state index contributed by atoms with van der Waals surface area (Å²) in [5.74, 6) is -0.760. The van der Waals surface area contributed by atoms with Crippen LogP contribution in [0.5, 0.6) is 0 Å². The molecule has 116 valence electrons.